The van der Waals surface area contributed by atoms with Gasteiger partial charge in [0.15, 0.2) is 17.2 Å². The first-order valence-corrected chi connectivity index (χ1v) is 12.6. The van der Waals surface area contributed by atoms with Gasteiger partial charge in [-0.3, -0.25) is 0 Å². The lowest BCUT2D eigenvalue weighted by Gasteiger charge is -2.14. The number of hydrogen-bond acceptors (Lipinski definition) is 5. The molecule has 3 aromatic rings. The Labute approximate surface area is 226 Å². The van der Waals surface area contributed by atoms with Crippen molar-refractivity contribution < 1.29 is 19.0 Å². The number of esters is 1. The predicted octanol–water partition coefficient (Wildman–Crippen LogP) is 7.40. The smallest absolute Gasteiger partial charge is 0.363 e. The number of carbonyl (C=O) groups excluding carboxylic acids is 1. The normalized spacial score (nSPS) is 14.3. The number of hydrogen-bond donors (Lipinski definition) is 0. The molecular weight excluding hydrogens is 688 g/mol. The molecule has 0 N–H and O–H groups in total. The second kappa shape index (κ2) is 10.6. The van der Waals surface area contributed by atoms with Crippen molar-refractivity contribution in [1.82, 2.24) is 0 Å². The number of rotatable bonds is 6. The molecular formula is C24H15Br2ClINO4. The number of benzene rings is 3. The number of methoxy groups -OCH3 is 1. The quantitative estimate of drug-likeness (QED) is 0.153. The van der Waals surface area contributed by atoms with Crippen molar-refractivity contribution in [2.75, 3.05) is 7.11 Å². The summed E-state index contributed by atoms with van der Waals surface area (Å²) >= 11 is 15.5. The topological polar surface area (TPSA) is 57.1 Å². The highest BCUT2D eigenvalue weighted by Crippen LogP contribution is 2.38. The predicted molar refractivity (Wildman–Crippen MR) is 144 cm³/mol. The van der Waals surface area contributed by atoms with Crippen LogP contribution in [0.2, 0.25) is 5.02 Å². The first-order chi connectivity index (χ1) is 15.9. The molecule has 0 spiro atoms. The fraction of sp³-hybridized carbons (Fsp3) is 0.0833. The van der Waals surface area contributed by atoms with Crippen LogP contribution in [0.25, 0.3) is 6.08 Å². The van der Waals surface area contributed by atoms with Gasteiger partial charge >= 0.3 is 5.97 Å². The van der Waals surface area contributed by atoms with Crippen molar-refractivity contribution >= 4 is 84.0 Å². The van der Waals surface area contributed by atoms with Gasteiger partial charge in [0.25, 0.3) is 0 Å². The molecule has 0 aromatic heterocycles. The number of carbonyl (C=O) groups is 1. The van der Waals surface area contributed by atoms with Crippen LogP contribution >= 0.6 is 66.1 Å². The molecule has 1 heterocycles. The minimum atomic E-state index is -0.552. The molecule has 168 valence electrons. The maximum Gasteiger partial charge on any atom is 0.363 e. The Hall–Kier alpha value is -1.88. The zero-order valence-corrected chi connectivity index (χ0v) is 23.2. The van der Waals surface area contributed by atoms with Crippen molar-refractivity contribution in [3.8, 4) is 11.5 Å². The van der Waals surface area contributed by atoms with E-state index in [-0.39, 0.29) is 11.6 Å². The van der Waals surface area contributed by atoms with Gasteiger partial charge in [-0.05, 0) is 86.6 Å². The highest BCUT2D eigenvalue weighted by Gasteiger charge is 2.26. The Balaban J connectivity index is 1.62. The summed E-state index contributed by atoms with van der Waals surface area (Å²) in [5, 5.41) is 0.458. The summed E-state index contributed by atoms with van der Waals surface area (Å²) in [6.45, 7) is 0.355. The van der Waals surface area contributed by atoms with E-state index in [1.807, 2.05) is 42.5 Å². The summed E-state index contributed by atoms with van der Waals surface area (Å²) in [6, 6.07) is 16.8. The Morgan fingerprint density at radius 1 is 1.12 bits per heavy atom. The van der Waals surface area contributed by atoms with E-state index in [0.29, 0.717) is 38.7 Å². The standard InChI is InChI=1S/C24H15Br2ClINO4/c1-31-21-10-13(8-18(26)22(21)32-12-14-4-2-3-5-17(14)25)9-20-24(30)33-23(29-20)16-11-15(28)6-7-19(16)27/h2-11H,12H2,1H3/b20-9-. The lowest BCUT2D eigenvalue weighted by atomic mass is 10.1. The Morgan fingerprint density at radius 3 is 2.67 bits per heavy atom. The summed E-state index contributed by atoms with van der Waals surface area (Å²) < 4.78 is 19.5. The maximum atomic E-state index is 12.4. The molecule has 0 radical (unpaired) electrons. The van der Waals surface area contributed by atoms with E-state index in [0.717, 1.165) is 13.6 Å². The highest BCUT2D eigenvalue weighted by atomic mass is 127. The average Bonchev–Trinajstić information content (AvgIpc) is 3.15. The van der Waals surface area contributed by atoms with E-state index in [1.165, 1.54) is 0 Å². The van der Waals surface area contributed by atoms with E-state index >= 15 is 0 Å². The lowest BCUT2D eigenvalue weighted by molar-refractivity contribution is -0.129. The second-order valence-corrected chi connectivity index (χ2v) is 10.2. The minimum absolute atomic E-state index is 0.163. The van der Waals surface area contributed by atoms with Crippen LogP contribution in [-0.2, 0) is 16.1 Å². The molecule has 0 unspecified atom stereocenters. The van der Waals surface area contributed by atoms with Gasteiger partial charge in [0.2, 0.25) is 5.90 Å². The highest BCUT2D eigenvalue weighted by molar-refractivity contribution is 14.1. The molecule has 33 heavy (non-hydrogen) atoms. The fourth-order valence-corrected chi connectivity index (χ4v) is 4.74. The van der Waals surface area contributed by atoms with Gasteiger partial charge in [-0.15, -0.1) is 0 Å². The van der Waals surface area contributed by atoms with Crippen LogP contribution in [0.3, 0.4) is 0 Å². The minimum Gasteiger partial charge on any atom is -0.493 e. The molecule has 1 aliphatic heterocycles. The summed E-state index contributed by atoms with van der Waals surface area (Å²) in [6.07, 6.45) is 1.63. The zero-order chi connectivity index (χ0) is 23.5. The van der Waals surface area contributed by atoms with Crippen LogP contribution in [0.5, 0.6) is 11.5 Å². The number of nitrogens with zero attached hydrogens (tertiary/aromatic N) is 1. The van der Waals surface area contributed by atoms with Crippen molar-refractivity contribution in [2.24, 2.45) is 4.99 Å². The second-order valence-electron chi connectivity index (χ2n) is 6.87. The third kappa shape index (κ3) is 5.62. The maximum absolute atomic E-state index is 12.4. The largest absolute Gasteiger partial charge is 0.493 e. The molecule has 0 aliphatic carbocycles. The number of ether oxygens (including phenoxy) is 3. The van der Waals surface area contributed by atoms with E-state index in [4.69, 9.17) is 25.8 Å². The Bertz CT molecular complexity index is 1310. The molecule has 0 fully saturated rings. The van der Waals surface area contributed by atoms with Gasteiger partial charge in [0.1, 0.15) is 6.61 Å². The summed E-state index contributed by atoms with van der Waals surface area (Å²) in [5.41, 5.74) is 2.42. The van der Waals surface area contributed by atoms with Gasteiger partial charge in [-0.25, -0.2) is 9.79 Å². The summed E-state index contributed by atoms with van der Waals surface area (Å²) in [4.78, 5) is 16.8. The SMILES string of the molecule is COc1cc(/C=C2\N=C(c3cc(I)ccc3Cl)OC2=O)cc(Br)c1OCc1ccccc1Br. The van der Waals surface area contributed by atoms with Crippen LogP contribution in [0, 0.1) is 3.57 Å². The van der Waals surface area contributed by atoms with Gasteiger partial charge < -0.3 is 14.2 Å². The molecule has 0 amide bonds. The molecule has 0 atom stereocenters. The molecule has 0 saturated carbocycles. The Morgan fingerprint density at radius 2 is 1.91 bits per heavy atom. The molecule has 9 heteroatoms. The van der Waals surface area contributed by atoms with Gasteiger partial charge in [0, 0.05) is 13.6 Å². The van der Waals surface area contributed by atoms with Crippen molar-refractivity contribution in [1.29, 1.82) is 0 Å². The third-order valence-electron chi connectivity index (χ3n) is 4.66. The lowest BCUT2D eigenvalue weighted by Crippen LogP contribution is -2.06. The average molecular weight is 704 g/mol. The molecule has 5 nitrogen and oxygen atoms in total. The molecule has 0 saturated heterocycles. The van der Waals surface area contributed by atoms with Crippen LogP contribution in [0.15, 0.2) is 74.2 Å². The molecule has 0 bridgehead atoms. The third-order valence-corrected chi connectivity index (χ3v) is 7.03. The van der Waals surface area contributed by atoms with Crippen molar-refractivity contribution in [3.63, 3.8) is 0 Å². The van der Waals surface area contributed by atoms with E-state index in [2.05, 4.69) is 59.4 Å². The molecule has 3 aromatic carbocycles. The first-order valence-electron chi connectivity index (χ1n) is 9.57. The van der Waals surface area contributed by atoms with Crippen molar-refractivity contribution in [3.05, 3.63) is 94.5 Å². The van der Waals surface area contributed by atoms with Crippen LogP contribution < -0.4 is 9.47 Å². The van der Waals surface area contributed by atoms with E-state index in [1.54, 1.807) is 25.3 Å². The van der Waals surface area contributed by atoms with Crippen LogP contribution in [0.4, 0.5) is 0 Å². The van der Waals surface area contributed by atoms with Crippen molar-refractivity contribution in [2.45, 2.75) is 6.61 Å². The fourth-order valence-electron chi connectivity index (χ4n) is 3.07. The zero-order valence-electron chi connectivity index (χ0n) is 17.1. The number of cyclic esters (lactones) is 1. The molecule has 1 aliphatic rings. The first kappa shape index (κ1) is 24.3. The van der Waals surface area contributed by atoms with Gasteiger partial charge in [0.05, 0.1) is 22.2 Å². The summed E-state index contributed by atoms with van der Waals surface area (Å²) in [7, 11) is 1.56. The van der Waals surface area contributed by atoms with Crippen LogP contribution in [0.1, 0.15) is 16.7 Å². The van der Waals surface area contributed by atoms with E-state index in [9.17, 15) is 4.79 Å². The van der Waals surface area contributed by atoms with Gasteiger partial charge in [-0.2, -0.15) is 0 Å². The number of halogens is 4. The number of aliphatic imine (C=N–C) groups is 1. The summed E-state index contributed by atoms with van der Waals surface area (Å²) in [5.74, 6) is 0.692. The Kier molecular flexibility index (Phi) is 7.78. The van der Waals surface area contributed by atoms with Crippen LogP contribution in [-0.4, -0.2) is 19.0 Å². The monoisotopic (exact) mass is 701 g/mol. The van der Waals surface area contributed by atoms with Gasteiger partial charge in [-0.1, -0.05) is 45.7 Å². The van der Waals surface area contributed by atoms with E-state index < -0.39 is 5.97 Å². The molecule has 4 rings (SSSR count).